The highest BCUT2D eigenvalue weighted by Gasteiger charge is 2.19. The van der Waals surface area contributed by atoms with Crippen LogP contribution in [0.5, 0.6) is 5.75 Å². The Labute approximate surface area is 104 Å². The fraction of sp³-hybridized carbons (Fsp3) is 0.600. The average Bonchev–Trinajstić information content (AvgIpc) is 3.15. The van der Waals surface area contributed by atoms with E-state index in [0.29, 0.717) is 0 Å². The van der Waals surface area contributed by atoms with E-state index in [1.54, 1.807) is 0 Å². The lowest BCUT2D eigenvalue weighted by atomic mass is 10.1. The summed E-state index contributed by atoms with van der Waals surface area (Å²) in [7, 11) is 0. The molecule has 0 heterocycles. The van der Waals surface area contributed by atoms with Crippen molar-refractivity contribution in [3.05, 3.63) is 29.8 Å². The Kier molecular flexibility index (Phi) is 4.87. The van der Waals surface area contributed by atoms with Crippen LogP contribution in [0.15, 0.2) is 24.3 Å². The summed E-state index contributed by atoms with van der Waals surface area (Å²) in [6, 6.07) is 9.31. The van der Waals surface area contributed by atoms with E-state index >= 15 is 0 Å². The zero-order valence-corrected chi connectivity index (χ0v) is 10.7. The van der Waals surface area contributed by atoms with E-state index in [4.69, 9.17) is 4.74 Å². The number of hydrogen-bond donors (Lipinski definition) is 1. The fourth-order valence-corrected chi connectivity index (χ4v) is 1.90. The first-order valence-corrected chi connectivity index (χ1v) is 6.83. The standard InChI is InChI=1S/C15H23NO/c1-2-4-13-5-9-15(10-6-13)17-12-3-11-16-14-7-8-14/h5-6,9-10,14,16H,2-4,7-8,11-12H2,1H3. The van der Waals surface area contributed by atoms with Gasteiger partial charge in [0.15, 0.2) is 0 Å². The Morgan fingerprint density at radius 1 is 1.24 bits per heavy atom. The first-order valence-electron chi connectivity index (χ1n) is 6.83. The average molecular weight is 233 g/mol. The molecule has 94 valence electrons. The minimum atomic E-state index is 0.809. The van der Waals surface area contributed by atoms with Gasteiger partial charge in [-0.15, -0.1) is 0 Å². The first kappa shape index (κ1) is 12.4. The maximum atomic E-state index is 5.70. The van der Waals surface area contributed by atoms with Gasteiger partial charge in [0, 0.05) is 6.04 Å². The molecule has 0 aliphatic heterocycles. The molecular formula is C15H23NO. The van der Waals surface area contributed by atoms with Crippen LogP contribution in [0.1, 0.15) is 38.2 Å². The minimum absolute atomic E-state index is 0.809. The third-order valence-electron chi connectivity index (χ3n) is 3.06. The van der Waals surface area contributed by atoms with Crippen LogP contribution < -0.4 is 10.1 Å². The number of nitrogens with one attached hydrogen (secondary N) is 1. The van der Waals surface area contributed by atoms with Gasteiger partial charge in [-0.05, 0) is 49.9 Å². The van der Waals surface area contributed by atoms with Gasteiger partial charge in [-0.1, -0.05) is 25.5 Å². The van der Waals surface area contributed by atoms with Crippen LogP contribution in [0.4, 0.5) is 0 Å². The van der Waals surface area contributed by atoms with Crippen molar-refractivity contribution in [2.45, 2.75) is 45.1 Å². The van der Waals surface area contributed by atoms with E-state index in [-0.39, 0.29) is 0 Å². The van der Waals surface area contributed by atoms with Gasteiger partial charge in [0.05, 0.1) is 6.61 Å². The highest BCUT2D eigenvalue weighted by atomic mass is 16.5. The van der Waals surface area contributed by atoms with E-state index in [9.17, 15) is 0 Å². The van der Waals surface area contributed by atoms with Crippen LogP contribution in [-0.2, 0) is 6.42 Å². The summed E-state index contributed by atoms with van der Waals surface area (Å²) in [4.78, 5) is 0. The van der Waals surface area contributed by atoms with Crippen molar-refractivity contribution < 1.29 is 4.74 Å². The Hall–Kier alpha value is -1.02. The summed E-state index contributed by atoms with van der Waals surface area (Å²) in [6.07, 6.45) is 6.17. The highest BCUT2D eigenvalue weighted by Crippen LogP contribution is 2.18. The van der Waals surface area contributed by atoms with Crippen molar-refractivity contribution in [2.75, 3.05) is 13.2 Å². The monoisotopic (exact) mass is 233 g/mol. The maximum absolute atomic E-state index is 5.70. The summed E-state index contributed by atoms with van der Waals surface area (Å²) < 4.78 is 5.70. The number of aryl methyl sites for hydroxylation is 1. The van der Waals surface area contributed by atoms with Crippen LogP contribution in [-0.4, -0.2) is 19.2 Å². The van der Waals surface area contributed by atoms with Crippen molar-refractivity contribution in [2.24, 2.45) is 0 Å². The predicted molar refractivity (Wildman–Crippen MR) is 71.6 cm³/mol. The van der Waals surface area contributed by atoms with Gasteiger partial charge >= 0.3 is 0 Å². The Bertz CT molecular complexity index is 316. The SMILES string of the molecule is CCCc1ccc(OCCCNC2CC2)cc1. The summed E-state index contributed by atoms with van der Waals surface area (Å²) in [6.45, 7) is 4.10. The van der Waals surface area contributed by atoms with Crippen molar-refractivity contribution in [1.29, 1.82) is 0 Å². The second-order valence-electron chi connectivity index (χ2n) is 4.82. The third-order valence-corrected chi connectivity index (χ3v) is 3.06. The molecule has 2 nitrogen and oxygen atoms in total. The van der Waals surface area contributed by atoms with Crippen molar-refractivity contribution >= 4 is 0 Å². The lowest BCUT2D eigenvalue weighted by Crippen LogP contribution is -2.19. The molecule has 1 fully saturated rings. The molecule has 17 heavy (non-hydrogen) atoms. The molecular weight excluding hydrogens is 210 g/mol. The first-order chi connectivity index (χ1) is 8.38. The molecule has 0 bridgehead atoms. The Balaban J connectivity index is 1.60. The molecule has 0 aromatic heterocycles. The molecule has 0 amide bonds. The third kappa shape index (κ3) is 4.78. The highest BCUT2D eigenvalue weighted by molar-refractivity contribution is 5.27. The van der Waals surface area contributed by atoms with E-state index in [1.165, 1.54) is 24.8 Å². The Morgan fingerprint density at radius 2 is 2.00 bits per heavy atom. The smallest absolute Gasteiger partial charge is 0.119 e. The molecule has 1 saturated carbocycles. The second-order valence-corrected chi connectivity index (χ2v) is 4.82. The van der Waals surface area contributed by atoms with E-state index in [0.717, 1.165) is 37.8 Å². The summed E-state index contributed by atoms with van der Waals surface area (Å²) in [5.74, 6) is 0.997. The van der Waals surface area contributed by atoms with Crippen molar-refractivity contribution in [3.63, 3.8) is 0 Å². The molecule has 1 N–H and O–H groups in total. The van der Waals surface area contributed by atoms with Crippen LogP contribution in [0.25, 0.3) is 0 Å². The van der Waals surface area contributed by atoms with Gasteiger partial charge in [-0.3, -0.25) is 0 Å². The van der Waals surface area contributed by atoms with Gasteiger partial charge < -0.3 is 10.1 Å². The molecule has 1 aliphatic carbocycles. The maximum Gasteiger partial charge on any atom is 0.119 e. The molecule has 0 spiro atoms. The molecule has 1 aliphatic rings. The van der Waals surface area contributed by atoms with E-state index in [2.05, 4.69) is 36.5 Å². The summed E-state index contributed by atoms with van der Waals surface area (Å²) >= 11 is 0. The van der Waals surface area contributed by atoms with Crippen molar-refractivity contribution in [1.82, 2.24) is 5.32 Å². The molecule has 0 radical (unpaired) electrons. The topological polar surface area (TPSA) is 21.3 Å². The van der Waals surface area contributed by atoms with Gasteiger partial charge in [-0.2, -0.15) is 0 Å². The zero-order chi connectivity index (χ0) is 11.9. The lowest BCUT2D eigenvalue weighted by Gasteiger charge is -2.07. The van der Waals surface area contributed by atoms with Crippen LogP contribution in [0.2, 0.25) is 0 Å². The van der Waals surface area contributed by atoms with Crippen LogP contribution >= 0.6 is 0 Å². The number of rotatable bonds is 8. The van der Waals surface area contributed by atoms with Gasteiger partial charge in [0.2, 0.25) is 0 Å². The molecule has 0 atom stereocenters. The Morgan fingerprint density at radius 3 is 2.65 bits per heavy atom. The minimum Gasteiger partial charge on any atom is -0.494 e. The predicted octanol–water partition coefficient (Wildman–Crippen LogP) is 3.16. The van der Waals surface area contributed by atoms with E-state index < -0.39 is 0 Å². The molecule has 2 heteroatoms. The van der Waals surface area contributed by atoms with Gasteiger partial charge in [-0.25, -0.2) is 0 Å². The molecule has 1 aromatic carbocycles. The number of ether oxygens (including phenoxy) is 1. The summed E-state index contributed by atoms with van der Waals surface area (Å²) in [5.41, 5.74) is 1.40. The number of benzene rings is 1. The fourth-order valence-electron chi connectivity index (χ4n) is 1.90. The molecule has 0 saturated heterocycles. The number of hydrogen-bond acceptors (Lipinski definition) is 2. The zero-order valence-electron chi connectivity index (χ0n) is 10.7. The molecule has 2 rings (SSSR count). The van der Waals surface area contributed by atoms with Gasteiger partial charge in [0.1, 0.15) is 5.75 Å². The largest absolute Gasteiger partial charge is 0.494 e. The van der Waals surface area contributed by atoms with Crippen molar-refractivity contribution in [3.8, 4) is 5.75 Å². The van der Waals surface area contributed by atoms with Crippen LogP contribution in [0, 0.1) is 0 Å². The lowest BCUT2D eigenvalue weighted by molar-refractivity contribution is 0.308. The van der Waals surface area contributed by atoms with E-state index in [1.807, 2.05) is 0 Å². The second kappa shape index (κ2) is 6.65. The normalized spacial score (nSPS) is 14.9. The van der Waals surface area contributed by atoms with Crippen LogP contribution in [0.3, 0.4) is 0 Å². The quantitative estimate of drug-likeness (QED) is 0.696. The molecule has 0 unspecified atom stereocenters. The molecule has 1 aromatic rings. The summed E-state index contributed by atoms with van der Waals surface area (Å²) in [5, 5.41) is 3.49. The van der Waals surface area contributed by atoms with Gasteiger partial charge in [0.25, 0.3) is 0 Å².